The number of hydrogen-bond acceptors (Lipinski definition) is 3. The lowest BCUT2D eigenvalue weighted by atomic mass is 10.1. The lowest BCUT2D eigenvalue weighted by molar-refractivity contribution is -0.121. The van der Waals surface area contributed by atoms with Gasteiger partial charge < -0.3 is 20.9 Å². The summed E-state index contributed by atoms with van der Waals surface area (Å²) in [5.41, 5.74) is -0.218. The molecule has 1 aliphatic heterocycles. The van der Waals surface area contributed by atoms with Crippen LogP contribution in [-0.4, -0.2) is 61.1 Å². The number of carbonyl (C=O) groups excluding carboxylic acids is 1. The van der Waals surface area contributed by atoms with Crippen LogP contribution in [0.3, 0.4) is 0 Å². The average molecular weight is 326 g/mol. The van der Waals surface area contributed by atoms with Gasteiger partial charge in [-0.3, -0.25) is 4.79 Å². The summed E-state index contributed by atoms with van der Waals surface area (Å²) in [6, 6.07) is 0.437. The van der Waals surface area contributed by atoms with Crippen molar-refractivity contribution in [2.45, 2.75) is 65.5 Å². The van der Waals surface area contributed by atoms with E-state index in [0.29, 0.717) is 6.04 Å². The molecule has 0 aromatic heterocycles. The first-order valence-corrected chi connectivity index (χ1v) is 8.92. The molecule has 0 bridgehead atoms. The van der Waals surface area contributed by atoms with Gasteiger partial charge in [-0.2, -0.15) is 0 Å². The lowest BCUT2D eigenvalue weighted by Crippen LogP contribution is -2.49. The monoisotopic (exact) mass is 325 g/mol. The Morgan fingerprint density at radius 2 is 1.87 bits per heavy atom. The number of aliphatic imine (C=N–C) groups is 1. The highest BCUT2D eigenvalue weighted by atomic mass is 16.2. The number of guanidine groups is 1. The van der Waals surface area contributed by atoms with Crippen LogP contribution in [-0.2, 0) is 4.79 Å². The molecule has 0 aromatic rings. The molecule has 1 fully saturated rings. The molecule has 0 radical (unpaired) electrons. The summed E-state index contributed by atoms with van der Waals surface area (Å²) in [5.74, 6) is 0.693. The first kappa shape index (κ1) is 19.7. The van der Waals surface area contributed by atoms with Crippen LogP contribution in [0.1, 0.15) is 53.9 Å². The number of nitrogens with zero attached hydrogens (tertiary/aromatic N) is 2. The third-order valence-electron chi connectivity index (χ3n) is 3.71. The van der Waals surface area contributed by atoms with Gasteiger partial charge in [0.05, 0.1) is 0 Å². The second-order valence-electron chi connectivity index (χ2n) is 7.25. The van der Waals surface area contributed by atoms with Gasteiger partial charge in [-0.05, 0) is 53.5 Å². The number of piperidine rings is 1. The third kappa shape index (κ3) is 8.79. The van der Waals surface area contributed by atoms with E-state index >= 15 is 0 Å². The smallest absolute Gasteiger partial charge is 0.242 e. The van der Waals surface area contributed by atoms with Crippen molar-refractivity contribution in [1.29, 1.82) is 0 Å². The summed E-state index contributed by atoms with van der Waals surface area (Å²) in [6.45, 7) is 14.6. The Labute approximate surface area is 141 Å². The van der Waals surface area contributed by atoms with Gasteiger partial charge in [-0.1, -0.05) is 6.92 Å². The Bertz CT molecular complexity index is 381. The molecule has 0 saturated carbocycles. The molecule has 0 spiro atoms. The van der Waals surface area contributed by atoms with Crippen molar-refractivity contribution in [3.05, 3.63) is 0 Å². The quantitative estimate of drug-likeness (QED) is 0.509. The molecule has 0 unspecified atom stereocenters. The molecule has 1 heterocycles. The van der Waals surface area contributed by atoms with Crippen LogP contribution in [0.15, 0.2) is 4.99 Å². The zero-order valence-electron chi connectivity index (χ0n) is 15.5. The van der Waals surface area contributed by atoms with E-state index in [4.69, 9.17) is 0 Å². The normalized spacial score (nSPS) is 17.9. The Morgan fingerprint density at radius 1 is 1.22 bits per heavy atom. The maximum atomic E-state index is 11.9. The van der Waals surface area contributed by atoms with E-state index in [9.17, 15) is 4.79 Å². The number of hydrogen-bond donors (Lipinski definition) is 3. The highest BCUT2D eigenvalue weighted by molar-refractivity contribution is 5.85. The van der Waals surface area contributed by atoms with Crippen molar-refractivity contribution in [3.63, 3.8) is 0 Å². The van der Waals surface area contributed by atoms with Gasteiger partial charge in [-0.25, -0.2) is 4.99 Å². The molecular weight excluding hydrogens is 290 g/mol. The second kappa shape index (κ2) is 9.75. The highest BCUT2D eigenvalue weighted by Crippen LogP contribution is 2.10. The maximum Gasteiger partial charge on any atom is 0.242 e. The van der Waals surface area contributed by atoms with Gasteiger partial charge >= 0.3 is 0 Å². The number of rotatable bonds is 6. The Kier molecular flexibility index (Phi) is 8.37. The number of amides is 1. The lowest BCUT2D eigenvalue weighted by Gasteiger charge is -2.32. The van der Waals surface area contributed by atoms with Crippen LogP contribution in [0.4, 0.5) is 0 Å². The Hall–Kier alpha value is -1.30. The van der Waals surface area contributed by atoms with Crippen LogP contribution in [0, 0.1) is 0 Å². The topological polar surface area (TPSA) is 68.8 Å². The molecule has 1 saturated heterocycles. The molecule has 1 aliphatic rings. The molecule has 0 aliphatic carbocycles. The molecule has 3 N–H and O–H groups in total. The van der Waals surface area contributed by atoms with E-state index in [1.54, 1.807) is 0 Å². The minimum absolute atomic E-state index is 0.0486. The third-order valence-corrected chi connectivity index (χ3v) is 3.71. The van der Waals surface area contributed by atoms with Gasteiger partial charge in [0.25, 0.3) is 0 Å². The van der Waals surface area contributed by atoms with Crippen molar-refractivity contribution >= 4 is 11.9 Å². The molecule has 23 heavy (non-hydrogen) atoms. The number of carbonyl (C=O) groups is 1. The zero-order chi connectivity index (χ0) is 17.3. The van der Waals surface area contributed by atoms with Crippen LogP contribution in [0.25, 0.3) is 0 Å². The number of nitrogens with one attached hydrogen (secondary N) is 3. The summed E-state index contributed by atoms with van der Waals surface area (Å²) in [6.07, 6.45) is 3.46. The fourth-order valence-corrected chi connectivity index (χ4v) is 2.74. The Morgan fingerprint density at radius 3 is 2.39 bits per heavy atom. The molecule has 6 heteroatoms. The van der Waals surface area contributed by atoms with Gasteiger partial charge in [0.15, 0.2) is 5.96 Å². The van der Waals surface area contributed by atoms with Crippen molar-refractivity contribution in [2.75, 3.05) is 32.7 Å². The highest BCUT2D eigenvalue weighted by Gasteiger charge is 2.19. The van der Waals surface area contributed by atoms with E-state index in [-0.39, 0.29) is 18.0 Å². The molecule has 6 nitrogen and oxygen atoms in total. The second-order valence-corrected chi connectivity index (χ2v) is 7.25. The summed E-state index contributed by atoms with van der Waals surface area (Å²) in [4.78, 5) is 18.8. The fourth-order valence-electron chi connectivity index (χ4n) is 2.74. The average Bonchev–Trinajstić information content (AvgIpc) is 2.45. The van der Waals surface area contributed by atoms with E-state index in [0.717, 1.165) is 38.4 Å². The molecule has 0 aromatic carbocycles. The predicted octanol–water partition coefficient (Wildman–Crippen LogP) is 1.33. The molecular formula is C17H35N5O. The van der Waals surface area contributed by atoms with Crippen LogP contribution >= 0.6 is 0 Å². The van der Waals surface area contributed by atoms with Crippen LogP contribution in [0.5, 0.6) is 0 Å². The first-order valence-electron chi connectivity index (χ1n) is 8.92. The Balaban J connectivity index is 2.45. The van der Waals surface area contributed by atoms with E-state index < -0.39 is 0 Å². The van der Waals surface area contributed by atoms with Gasteiger partial charge in [-0.15, -0.1) is 0 Å². The predicted molar refractivity (Wildman–Crippen MR) is 96.8 cm³/mol. The van der Waals surface area contributed by atoms with E-state index in [2.05, 4.69) is 32.8 Å². The van der Waals surface area contributed by atoms with Gasteiger partial charge in [0.2, 0.25) is 5.91 Å². The van der Waals surface area contributed by atoms with Crippen LogP contribution in [0.2, 0.25) is 0 Å². The fraction of sp³-hybridized carbons (Fsp3) is 0.882. The van der Waals surface area contributed by atoms with Crippen molar-refractivity contribution in [2.24, 2.45) is 4.99 Å². The van der Waals surface area contributed by atoms with Gasteiger partial charge in [0.1, 0.15) is 6.54 Å². The summed E-state index contributed by atoms with van der Waals surface area (Å²) in [5, 5.41) is 9.63. The molecule has 0 atom stereocenters. The van der Waals surface area contributed by atoms with E-state index in [1.165, 1.54) is 13.0 Å². The maximum absolute atomic E-state index is 11.9. The largest absolute Gasteiger partial charge is 0.357 e. The summed E-state index contributed by atoms with van der Waals surface area (Å²) < 4.78 is 0. The van der Waals surface area contributed by atoms with E-state index in [1.807, 2.05) is 27.7 Å². The summed E-state index contributed by atoms with van der Waals surface area (Å²) >= 11 is 0. The molecule has 1 amide bonds. The number of likely N-dealkylation sites (tertiary alicyclic amines) is 1. The first-order chi connectivity index (χ1) is 10.8. The molecule has 134 valence electrons. The van der Waals surface area contributed by atoms with Crippen molar-refractivity contribution in [1.82, 2.24) is 20.9 Å². The SMILES string of the molecule is CCCN1CCC(NC(=NCC(=O)NC(C)(C)C)NCC)CC1. The minimum Gasteiger partial charge on any atom is -0.357 e. The minimum atomic E-state index is -0.218. The van der Waals surface area contributed by atoms with Crippen LogP contribution < -0.4 is 16.0 Å². The van der Waals surface area contributed by atoms with Crippen molar-refractivity contribution < 1.29 is 4.79 Å². The van der Waals surface area contributed by atoms with Crippen molar-refractivity contribution in [3.8, 4) is 0 Å². The zero-order valence-corrected chi connectivity index (χ0v) is 15.5. The molecule has 1 rings (SSSR count). The summed E-state index contributed by atoms with van der Waals surface area (Å²) in [7, 11) is 0. The van der Waals surface area contributed by atoms with Gasteiger partial charge in [0, 0.05) is 31.2 Å². The standard InChI is InChI=1S/C17H35N5O/c1-6-10-22-11-8-14(9-12-22)20-16(18-7-2)19-13-15(23)21-17(3,4)5/h14H,6-13H2,1-5H3,(H,21,23)(H2,18,19,20).